The number of fused-ring (bicyclic) bond motifs is 3. The summed E-state index contributed by atoms with van der Waals surface area (Å²) in [6.07, 6.45) is 6.73. The maximum absolute atomic E-state index is 11.7. The molecule has 3 nitrogen and oxygen atoms in total. The van der Waals surface area contributed by atoms with Gasteiger partial charge in [0.2, 0.25) is 0 Å². The van der Waals surface area contributed by atoms with Crippen LogP contribution in [0.3, 0.4) is 0 Å². The molecule has 0 heterocycles. The van der Waals surface area contributed by atoms with Crippen molar-refractivity contribution in [1.82, 2.24) is 0 Å². The van der Waals surface area contributed by atoms with E-state index in [1.54, 1.807) is 6.08 Å². The number of hydrogen-bond donors (Lipinski definition) is 2. The molecule has 0 saturated heterocycles. The second-order valence-corrected chi connectivity index (χ2v) is 7.68. The van der Waals surface area contributed by atoms with E-state index in [2.05, 4.69) is 13.8 Å². The number of rotatable bonds is 1. The van der Waals surface area contributed by atoms with Crippen molar-refractivity contribution in [3.8, 4) is 0 Å². The third-order valence-corrected chi connectivity index (χ3v) is 6.51. The summed E-state index contributed by atoms with van der Waals surface area (Å²) in [5.41, 5.74) is 1.02. The van der Waals surface area contributed by atoms with Crippen LogP contribution in [-0.2, 0) is 4.79 Å². The van der Waals surface area contributed by atoms with Crippen LogP contribution in [0.15, 0.2) is 11.6 Å². The van der Waals surface area contributed by atoms with Gasteiger partial charge in [0.1, 0.15) is 0 Å². The quantitative estimate of drug-likeness (QED) is 0.774. The first kappa shape index (κ1) is 14.3. The Labute approximate surface area is 121 Å². The molecular weight excluding hydrogens is 252 g/mol. The summed E-state index contributed by atoms with van der Waals surface area (Å²) in [6.45, 7) is 4.69. The van der Waals surface area contributed by atoms with Gasteiger partial charge in [0.05, 0.1) is 6.10 Å². The molecule has 2 saturated carbocycles. The summed E-state index contributed by atoms with van der Waals surface area (Å²) in [5, 5.41) is 20.4. The third-order valence-electron chi connectivity index (χ3n) is 6.51. The number of carbonyl (C=O) groups excluding carboxylic acids is 1. The number of hydrogen-bond acceptors (Lipinski definition) is 3. The van der Waals surface area contributed by atoms with E-state index in [0.29, 0.717) is 24.7 Å². The molecule has 0 aromatic rings. The smallest absolute Gasteiger partial charge is 0.155 e. The Kier molecular flexibility index (Phi) is 3.33. The molecule has 1 unspecified atom stereocenters. The van der Waals surface area contributed by atoms with E-state index in [9.17, 15) is 15.0 Å². The van der Waals surface area contributed by atoms with Gasteiger partial charge in [0, 0.05) is 13.0 Å². The summed E-state index contributed by atoms with van der Waals surface area (Å²) in [6, 6.07) is 0. The fourth-order valence-electron chi connectivity index (χ4n) is 5.39. The van der Waals surface area contributed by atoms with Crippen molar-refractivity contribution in [3.63, 3.8) is 0 Å². The zero-order valence-corrected chi connectivity index (χ0v) is 12.6. The number of carbonyl (C=O) groups is 1. The van der Waals surface area contributed by atoms with Gasteiger partial charge in [-0.15, -0.1) is 0 Å². The van der Waals surface area contributed by atoms with E-state index < -0.39 is 6.10 Å². The monoisotopic (exact) mass is 278 g/mol. The number of aliphatic hydroxyl groups excluding tert-OH is 2. The lowest BCUT2D eigenvalue weighted by Crippen LogP contribution is -2.55. The first-order valence-corrected chi connectivity index (χ1v) is 7.94. The Morgan fingerprint density at radius 1 is 1.35 bits per heavy atom. The van der Waals surface area contributed by atoms with Crippen LogP contribution in [0.5, 0.6) is 0 Å². The van der Waals surface area contributed by atoms with E-state index in [1.807, 2.05) is 0 Å². The highest BCUT2D eigenvalue weighted by molar-refractivity contribution is 5.91. The highest BCUT2D eigenvalue weighted by Gasteiger charge is 2.57. The van der Waals surface area contributed by atoms with Crippen LogP contribution >= 0.6 is 0 Å². The van der Waals surface area contributed by atoms with Gasteiger partial charge in [-0.2, -0.15) is 0 Å². The lowest BCUT2D eigenvalue weighted by Gasteiger charge is -2.60. The van der Waals surface area contributed by atoms with E-state index in [1.165, 1.54) is 0 Å². The van der Waals surface area contributed by atoms with Crippen molar-refractivity contribution in [2.24, 2.45) is 22.7 Å². The zero-order chi connectivity index (χ0) is 14.5. The van der Waals surface area contributed by atoms with Crippen LogP contribution in [0, 0.1) is 22.7 Å². The van der Waals surface area contributed by atoms with Crippen molar-refractivity contribution in [2.75, 3.05) is 6.61 Å². The molecule has 3 aliphatic carbocycles. The van der Waals surface area contributed by atoms with Crippen molar-refractivity contribution in [3.05, 3.63) is 11.6 Å². The molecule has 3 aliphatic rings. The third kappa shape index (κ3) is 1.90. The maximum Gasteiger partial charge on any atom is 0.155 e. The Hall–Kier alpha value is -0.670. The minimum Gasteiger partial charge on any atom is -0.396 e. The maximum atomic E-state index is 11.7. The Morgan fingerprint density at radius 2 is 2.10 bits per heavy atom. The molecular formula is C17H26O3. The van der Waals surface area contributed by atoms with Crippen molar-refractivity contribution < 1.29 is 15.0 Å². The molecule has 0 aromatic carbocycles. The predicted octanol–water partition coefficient (Wildman–Crippen LogP) is 2.46. The Morgan fingerprint density at radius 3 is 2.80 bits per heavy atom. The van der Waals surface area contributed by atoms with Gasteiger partial charge in [-0.1, -0.05) is 20.3 Å². The SMILES string of the molecule is C[C@]1(CO)CCC[C@]2(C)[C@H]3CCC(=O)C=C3C(O)C[C@@H]12. The van der Waals surface area contributed by atoms with Gasteiger partial charge in [-0.25, -0.2) is 0 Å². The average molecular weight is 278 g/mol. The molecule has 0 aliphatic heterocycles. The van der Waals surface area contributed by atoms with E-state index in [-0.39, 0.29) is 23.2 Å². The molecule has 0 spiro atoms. The highest BCUT2D eigenvalue weighted by Crippen LogP contribution is 2.62. The van der Waals surface area contributed by atoms with Gasteiger partial charge in [-0.05, 0) is 60.0 Å². The van der Waals surface area contributed by atoms with Crippen LogP contribution in [-0.4, -0.2) is 28.7 Å². The molecule has 0 bridgehead atoms. The lowest BCUT2D eigenvalue weighted by atomic mass is 9.45. The predicted molar refractivity (Wildman–Crippen MR) is 77.1 cm³/mol. The molecule has 112 valence electrons. The van der Waals surface area contributed by atoms with Crippen LogP contribution in [0.2, 0.25) is 0 Å². The summed E-state index contributed by atoms with van der Waals surface area (Å²) in [7, 11) is 0. The minimum atomic E-state index is -0.494. The second-order valence-electron chi connectivity index (χ2n) is 7.68. The molecule has 20 heavy (non-hydrogen) atoms. The van der Waals surface area contributed by atoms with Gasteiger partial charge < -0.3 is 10.2 Å². The first-order valence-electron chi connectivity index (χ1n) is 7.94. The minimum absolute atomic E-state index is 0.0824. The fourth-order valence-corrected chi connectivity index (χ4v) is 5.39. The number of allylic oxidation sites excluding steroid dienone is 1. The standard InChI is InChI=1S/C17H26O3/c1-16(10-18)6-3-7-17(2)13-5-4-11(19)8-12(13)14(20)9-15(16)17/h8,13-15,18,20H,3-7,9-10H2,1-2H3/t13-,14?,15-,16+,17+/m0/s1. The summed E-state index contributed by atoms with van der Waals surface area (Å²) >= 11 is 0. The normalized spacial score (nSPS) is 48.3. The second kappa shape index (κ2) is 4.67. The Bertz CT molecular complexity index is 455. The van der Waals surface area contributed by atoms with Crippen molar-refractivity contribution >= 4 is 5.78 Å². The molecule has 0 amide bonds. The van der Waals surface area contributed by atoms with Crippen molar-refractivity contribution in [1.29, 1.82) is 0 Å². The fraction of sp³-hybridized carbons (Fsp3) is 0.824. The number of aliphatic hydroxyl groups is 2. The molecule has 2 fully saturated rings. The van der Waals surface area contributed by atoms with Crippen molar-refractivity contribution in [2.45, 2.75) is 58.5 Å². The summed E-state index contributed by atoms with van der Waals surface area (Å²) in [4.78, 5) is 11.7. The topological polar surface area (TPSA) is 57.5 Å². The summed E-state index contributed by atoms with van der Waals surface area (Å²) < 4.78 is 0. The molecule has 0 aromatic heterocycles. The van der Waals surface area contributed by atoms with E-state index >= 15 is 0 Å². The number of ketones is 1. The van der Waals surface area contributed by atoms with E-state index in [4.69, 9.17) is 0 Å². The zero-order valence-electron chi connectivity index (χ0n) is 12.6. The molecule has 3 heteroatoms. The average Bonchev–Trinajstić information content (AvgIpc) is 2.42. The van der Waals surface area contributed by atoms with E-state index in [0.717, 1.165) is 31.3 Å². The van der Waals surface area contributed by atoms with Crippen LogP contribution in [0.1, 0.15) is 52.4 Å². The van der Waals surface area contributed by atoms with Gasteiger partial charge >= 0.3 is 0 Å². The first-order chi connectivity index (χ1) is 9.40. The molecule has 5 atom stereocenters. The largest absolute Gasteiger partial charge is 0.396 e. The van der Waals surface area contributed by atoms with Crippen LogP contribution < -0.4 is 0 Å². The Balaban J connectivity index is 2.03. The van der Waals surface area contributed by atoms with Gasteiger partial charge in [0.25, 0.3) is 0 Å². The lowest BCUT2D eigenvalue weighted by molar-refractivity contribution is -0.123. The molecule has 0 radical (unpaired) electrons. The summed E-state index contributed by atoms with van der Waals surface area (Å²) in [5.74, 6) is 0.831. The van der Waals surface area contributed by atoms with Gasteiger partial charge in [-0.3, -0.25) is 4.79 Å². The van der Waals surface area contributed by atoms with Crippen LogP contribution in [0.25, 0.3) is 0 Å². The molecule has 3 rings (SSSR count). The van der Waals surface area contributed by atoms with Gasteiger partial charge in [0.15, 0.2) is 5.78 Å². The molecule has 2 N–H and O–H groups in total. The highest BCUT2D eigenvalue weighted by atomic mass is 16.3. The van der Waals surface area contributed by atoms with Crippen LogP contribution in [0.4, 0.5) is 0 Å².